The van der Waals surface area contributed by atoms with Gasteiger partial charge < -0.3 is 5.32 Å². The topological polar surface area (TPSA) is 42.0 Å². The SMILES string of the molecule is CC(C)(Br)C(=O)Nc1ccc(F)cn1. The van der Waals surface area contributed by atoms with E-state index in [9.17, 15) is 9.18 Å². The number of carbonyl (C=O) groups excluding carboxylic acids is 1. The van der Waals surface area contributed by atoms with E-state index in [0.717, 1.165) is 6.20 Å². The van der Waals surface area contributed by atoms with Crippen LogP contribution in [0.2, 0.25) is 0 Å². The largest absolute Gasteiger partial charge is 0.309 e. The van der Waals surface area contributed by atoms with Crippen LogP contribution < -0.4 is 5.32 Å². The van der Waals surface area contributed by atoms with Crippen molar-refractivity contribution in [3.8, 4) is 0 Å². The highest BCUT2D eigenvalue weighted by Crippen LogP contribution is 2.17. The summed E-state index contributed by atoms with van der Waals surface area (Å²) in [5.74, 6) is -0.318. The fourth-order valence-electron chi connectivity index (χ4n) is 0.715. The molecule has 3 nitrogen and oxygen atoms in total. The molecule has 1 aromatic heterocycles. The first-order valence-corrected chi connectivity index (χ1v) is 4.81. The predicted octanol–water partition coefficient (Wildman–Crippen LogP) is 2.33. The number of pyridine rings is 1. The summed E-state index contributed by atoms with van der Waals surface area (Å²) in [6, 6.07) is 2.65. The number of halogens is 2. The second-order valence-corrected chi connectivity index (χ2v) is 5.27. The van der Waals surface area contributed by atoms with Gasteiger partial charge in [0, 0.05) is 0 Å². The zero-order chi connectivity index (χ0) is 10.8. The van der Waals surface area contributed by atoms with Gasteiger partial charge in [-0.2, -0.15) is 0 Å². The maximum atomic E-state index is 12.5. The van der Waals surface area contributed by atoms with E-state index in [0.29, 0.717) is 5.82 Å². The van der Waals surface area contributed by atoms with Gasteiger partial charge in [-0.25, -0.2) is 9.37 Å². The van der Waals surface area contributed by atoms with Crippen LogP contribution in [0.4, 0.5) is 10.2 Å². The highest BCUT2D eigenvalue weighted by atomic mass is 79.9. The van der Waals surface area contributed by atoms with Crippen LogP contribution in [0.5, 0.6) is 0 Å². The molecule has 0 saturated heterocycles. The summed E-state index contributed by atoms with van der Waals surface area (Å²) >= 11 is 3.20. The van der Waals surface area contributed by atoms with Gasteiger partial charge in [-0.15, -0.1) is 0 Å². The molecule has 1 amide bonds. The molecule has 0 aromatic carbocycles. The van der Waals surface area contributed by atoms with Gasteiger partial charge in [-0.05, 0) is 26.0 Å². The van der Waals surface area contributed by atoms with Crippen LogP contribution >= 0.6 is 15.9 Å². The predicted molar refractivity (Wildman–Crippen MR) is 55.8 cm³/mol. The van der Waals surface area contributed by atoms with Gasteiger partial charge in [0.25, 0.3) is 0 Å². The lowest BCUT2D eigenvalue weighted by Gasteiger charge is -2.14. The van der Waals surface area contributed by atoms with Crippen LogP contribution in [0.15, 0.2) is 18.3 Å². The lowest BCUT2D eigenvalue weighted by atomic mass is 10.2. The molecule has 0 bridgehead atoms. The average molecular weight is 261 g/mol. The molecule has 0 aliphatic rings. The molecule has 0 radical (unpaired) electrons. The van der Waals surface area contributed by atoms with Crippen LogP contribution in [-0.2, 0) is 4.79 Å². The first-order valence-electron chi connectivity index (χ1n) is 4.01. The van der Waals surface area contributed by atoms with Gasteiger partial charge in [0.2, 0.25) is 5.91 Å². The Kier molecular flexibility index (Phi) is 3.21. The van der Waals surface area contributed by atoms with Crippen molar-refractivity contribution < 1.29 is 9.18 Å². The number of carbonyl (C=O) groups is 1. The molecule has 1 rings (SSSR count). The fourth-order valence-corrected chi connectivity index (χ4v) is 0.814. The monoisotopic (exact) mass is 260 g/mol. The van der Waals surface area contributed by atoms with Gasteiger partial charge in [-0.3, -0.25) is 4.79 Å². The molecule has 1 heterocycles. The normalized spacial score (nSPS) is 11.1. The maximum Gasteiger partial charge on any atom is 0.241 e. The van der Waals surface area contributed by atoms with Crippen LogP contribution in [0.1, 0.15) is 13.8 Å². The van der Waals surface area contributed by atoms with E-state index in [1.807, 2.05) is 0 Å². The minimum Gasteiger partial charge on any atom is -0.309 e. The summed E-state index contributed by atoms with van der Waals surface area (Å²) in [5, 5.41) is 2.55. The van der Waals surface area contributed by atoms with Crippen molar-refractivity contribution in [3.63, 3.8) is 0 Å². The van der Waals surface area contributed by atoms with Crippen molar-refractivity contribution >= 4 is 27.7 Å². The average Bonchev–Trinajstić information content (AvgIpc) is 2.07. The third-order valence-electron chi connectivity index (χ3n) is 1.51. The van der Waals surface area contributed by atoms with Gasteiger partial charge in [0.15, 0.2) is 0 Å². The molecular weight excluding hydrogens is 251 g/mol. The lowest BCUT2D eigenvalue weighted by Crippen LogP contribution is -2.31. The Bertz CT molecular complexity index is 332. The number of nitrogens with zero attached hydrogens (tertiary/aromatic N) is 1. The quantitative estimate of drug-likeness (QED) is 0.830. The van der Waals surface area contributed by atoms with E-state index in [1.165, 1.54) is 12.1 Å². The Hall–Kier alpha value is -0.970. The van der Waals surface area contributed by atoms with Crippen molar-refractivity contribution in [1.82, 2.24) is 4.98 Å². The zero-order valence-corrected chi connectivity index (χ0v) is 9.43. The van der Waals surface area contributed by atoms with Crippen molar-refractivity contribution in [1.29, 1.82) is 0 Å². The third-order valence-corrected chi connectivity index (χ3v) is 1.87. The summed E-state index contributed by atoms with van der Waals surface area (Å²) in [6.07, 6.45) is 1.05. The maximum absolute atomic E-state index is 12.5. The number of rotatable bonds is 2. The molecule has 5 heteroatoms. The minimum absolute atomic E-state index is 0.225. The Morgan fingerprint density at radius 2 is 2.21 bits per heavy atom. The summed E-state index contributed by atoms with van der Waals surface area (Å²) < 4.78 is 11.8. The van der Waals surface area contributed by atoms with E-state index in [4.69, 9.17) is 0 Å². The number of aromatic nitrogens is 1. The van der Waals surface area contributed by atoms with Gasteiger partial charge >= 0.3 is 0 Å². The molecule has 0 saturated carbocycles. The molecule has 0 aliphatic carbocycles. The van der Waals surface area contributed by atoms with Crippen LogP contribution in [0.3, 0.4) is 0 Å². The second-order valence-electron chi connectivity index (χ2n) is 3.29. The summed E-state index contributed by atoms with van der Waals surface area (Å²) in [5.41, 5.74) is 0. The Labute approximate surface area is 89.9 Å². The van der Waals surface area contributed by atoms with Crippen LogP contribution in [0, 0.1) is 5.82 Å². The molecular formula is C9H10BrFN2O. The first kappa shape index (κ1) is 11.1. The second kappa shape index (κ2) is 4.04. The van der Waals surface area contributed by atoms with Crippen molar-refractivity contribution in [3.05, 3.63) is 24.1 Å². The number of amides is 1. The summed E-state index contributed by atoms with van der Waals surface area (Å²) in [6.45, 7) is 3.43. The highest BCUT2D eigenvalue weighted by Gasteiger charge is 2.23. The van der Waals surface area contributed by atoms with E-state index < -0.39 is 10.1 Å². The molecule has 14 heavy (non-hydrogen) atoms. The van der Waals surface area contributed by atoms with Crippen molar-refractivity contribution in [2.75, 3.05) is 5.32 Å². The lowest BCUT2D eigenvalue weighted by molar-refractivity contribution is -0.117. The Morgan fingerprint density at radius 3 is 2.64 bits per heavy atom. The molecule has 76 valence electrons. The van der Waals surface area contributed by atoms with Gasteiger partial charge in [0.1, 0.15) is 11.6 Å². The number of alkyl halides is 1. The molecule has 0 aliphatic heterocycles. The van der Waals surface area contributed by atoms with Crippen LogP contribution in [-0.4, -0.2) is 15.2 Å². The molecule has 1 N–H and O–H groups in total. The summed E-state index contributed by atoms with van der Waals surface area (Å²) in [7, 11) is 0. The number of anilines is 1. The number of hydrogen-bond acceptors (Lipinski definition) is 2. The van der Waals surface area contributed by atoms with E-state index in [1.54, 1.807) is 13.8 Å². The molecule has 0 unspecified atom stereocenters. The van der Waals surface area contributed by atoms with E-state index >= 15 is 0 Å². The highest BCUT2D eigenvalue weighted by molar-refractivity contribution is 9.10. The zero-order valence-electron chi connectivity index (χ0n) is 7.84. The Morgan fingerprint density at radius 1 is 1.57 bits per heavy atom. The number of nitrogens with one attached hydrogen (secondary N) is 1. The van der Waals surface area contributed by atoms with E-state index in [2.05, 4.69) is 26.2 Å². The standard InChI is InChI=1S/C9H10BrFN2O/c1-9(2,10)8(14)13-7-4-3-6(11)5-12-7/h3-5H,1-2H3,(H,12,13,14). The molecule has 0 atom stereocenters. The fraction of sp³-hybridized carbons (Fsp3) is 0.333. The van der Waals surface area contributed by atoms with Crippen LogP contribution in [0.25, 0.3) is 0 Å². The number of hydrogen-bond donors (Lipinski definition) is 1. The Balaban J connectivity index is 2.71. The van der Waals surface area contributed by atoms with Gasteiger partial charge in [0.05, 0.1) is 10.5 Å². The minimum atomic E-state index is -0.664. The molecule has 0 spiro atoms. The summed E-state index contributed by atoms with van der Waals surface area (Å²) in [4.78, 5) is 15.1. The smallest absolute Gasteiger partial charge is 0.241 e. The molecule has 1 aromatic rings. The first-order chi connectivity index (χ1) is 6.39. The van der Waals surface area contributed by atoms with Gasteiger partial charge in [-0.1, -0.05) is 15.9 Å². The third kappa shape index (κ3) is 3.06. The van der Waals surface area contributed by atoms with E-state index in [-0.39, 0.29) is 5.91 Å². The van der Waals surface area contributed by atoms with Crippen molar-refractivity contribution in [2.24, 2.45) is 0 Å². The van der Waals surface area contributed by atoms with Crippen molar-refractivity contribution in [2.45, 2.75) is 18.2 Å². The molecule has 0 fully saturated rings.